The first-order chi connectivity index (χ1) is 13.7. The van der Waals surface area contributed by atoms with Crippen LogP contribution in [0.1, 0.15) is 83.5 Å². The summed E-state index contributed by atoms with van der Waals surface area (Å²) in [5, 5.41) is 0. The molecule has 3 aromatic rings. The van der Waals surface area contributed by atoms with E-state index in [1.54, 1.807) is 0 Å². The quantitative estimate of drug-likeness (QED) is 0.274. The minimum atomic E-state index is 0. The minimum absolute atomic E-state index is 0. The first-order valence-corrected chi connectivity index (χ1v) is 11.2. The molecule has 0 bridgehead atoms. The largest absolute Gasteiger partial charge is 3.00 e. The van der Waals surface area contributed by atoms with E-state index in [0.29, 0.717) is 0 Å². The maximum Gasteiger partial charge on any atom is 3.00 e. The molecule has 0 radical (unpaired) electrons. The summed E-state index contributed by atoms with van der Waals surface area (Å²) in [6.45, 7) is 33.0. The third-order valence-corrected chi connectivity index (χ3v) is 8.44. The fourth-order valence-corrected chi connectivity index (χ4v) is 4.22. The van der Waals surface area contributed by atoms with Crippen molar-refractivity contribution in [3.8, 4) is 0 Å². The molecule has 0 aliphatic rings. The molecule has 31 heavy (non-hydrogen) atoms. The van der Waals surface area contributed by atoms with Gasteiger partial charge < -0.3 is 0 Å². The van der Waals surface area contributed by atoms with Crippen molar-refractivity contribution in [3.05, 3.63) is 83.5 Å². The number of rotatable bonds is 0. The van der Waals surface area contributed by atoms with Crippen LogP contribution in [0.4, 0.5) is 0 Å². The van der Waals surface area contributed by atoms with Crippen molar-refractivity contribution in [2.24, 2.45) is 0 Å². The zero-order valence-corrected chi connectivity index (χ0v) is 25.9. The van der Waals surface area contributed by atoms with Crippen LogP contribution in [0.25, 0.3) is 0 Å². The van der Waals surface area contributed by atoms with Crippen LogP contribution in [-0.4, -0.2) is 0 Å². The van der Waals surface area contributed by atoms with Gasteiger partial charge in [0.25, 0.3) is 0 Å². The van der Waals surface area contributed by atoms with Gasteiger partial charge in [-0.05, 0) is 0 Å². The van der Waals surface area contributed by atoms with Crippen molar-refractivity contribution in [2.75, 3.05) is 0 Å². The Morgan fingerprint density at radius 3 is 0.419 bits per heavy atom. The van der Waals surface area contributed by atoms with E-state index >= 15 is 0 Å². The molecular formula is C30H45Y. The third kappa shape index (κ3) is 6.14. The van der Waals surface area contributed by atoms with E-state index < -0.39 is 0 Å². The molecule has 0 nitrogen and oxygen atoms in total. The minimum Gasteiger partial charge on any atom is -0.196 e. The van der Waals surface area contributed by atoms with E-state index in [1.165, 1.54) is 83.5 Å². The first-order valence-electron chi connectivity index (χ1n) is 11.2. The van der Waals surface area contributed by atoms with Crippen molar-refractivity contribution in [1.82, 2.24) is 0 Å². The monoisotopic (exact) mass is 494 g/mol. The Kier molecular flexibility index (Phi) is 11.5. The van der Waals surface area contributed by atoms with Crippen LogP contribution >= 0.6 is 0 Å². The van der Waals surface area contributed by atoms with E-state index in [1.807, 2.05) is 0 Å². The second kappa shape index (κ2) is 11.9. The fraction of sp³-hybridized carbons (Fsp3) is 0.500. The van der Waals surface area contributed by atoms with Gasteiger partial charge in [0.05, 0.1) is 0 Å². The second-order valence-electron chi connectivity index (χ2n) is 9.38. The van der Waals surface area contributed by atoms with Gasteiger partial charge in [0, 0.05) is 0 Å². The van der Waals surface area contributed by atoms with Crippen molar-refractivity contribution < 1.29 is 32.7 Å². The Bertz CT molecular complexity index is 654. The number of hydrogen-bond acceptors (Lipinski definition) is 0. The van der Waals surface area contributed by atoms with Gasteiger partial charge in [-0.3, -0.25) is 0 Å². The van der Waals surface area contributed by atoms with Crippen LogP contribution in [0.15, 0.2) is 0 Å². The predicted molar refractivity (Wildman–Crippen MR) is 137 cm³/mol. The Labute approximate surface area is 218 Å². The Morgan fingerprint density at radius 1 is 0.290 bits per heavy atom. The zero-order chi connectivity index (χ0) is 23.7. The average molecular weight is 495 g/mol. The van der Waals surface area contributed by atoms with Gasteiger partial charge in [-0.1, -0.05) is 104 Å². The Balaban J connectivity index is 0.000000429. The first kappa shape index (κ1) is 30.2. The predicted octanol–water partition coefficient (Wildman–Crippen LogP) is 8.84. The standard InChI is InChI=1S/3C10H15.Y/c3*1-6-7(2)9(4)10(5)8(6)3;/h3*1-5H3;/q3*-1;+3. The van der Waals surface area contributed by atoms with Crippen LogP contribution in [0.3, 0.4) is 0 Å². The van der Waals surface area contributed by atoms with E-state index in [9.17, 15) is 0 Å². The molecule has 0 aliphatic carbocycles. The second-order valence-corrected chi connectivity index (χ2v) is 9.38. The smallest absolute Gasteiger partial charge is 0.196 e. The van der Waals surface area contributed by atoms with Crippen molar-refractivity contribution in [1.29, 1.82) is 0 Å². The van der Waals surface area contributed by atoms with E-state index in [4.69, 9.17) is 0 Å². The van der Waals surface area contributed by atoms with Crippen LogP contribution in [0.2, 0.25) is 0 Å². The van der Waals surface area contributed by atoms with Crippen molar-refractivity contribution in [3.63, 3.8) is 0 Å². The molecule has 0 saturated carbocycles. The normalized spacial score (nSPS) is 10.2. The van der Waals surface area contributed by atoms with Gasteiger partial charge in [0.1, 0.15) is 0 Å². The molecule has 0 amide bonds. The molecular weight excluding hydrogens is 449 g/mol. The number of hydrogen-bond donors (Lipinski definition) is 0. The van der Waals surface area contributed by atoms with Crippen LogP contribution in [0.5, 0.6) is 0 Å². The summed E-state index contributed by atoms with van der Waals surface area (Å²) in [5.41, 5.74) is 22.0. The molecule has 0 saturated heterocycles. The third-order valence-electron chi connectivity index (χ3n) is 8.44. The Morgan fingerprint density at radius 2 is 0.387 bits per heavy atom. The van der Waals surface area contributed by atoms with Crippen LogP contribution < -0.4 is 0 Å². The molecule has 0 fully saturated rings. The molecule has 168 valence electrons. The van der Waals surface area contributed by atoms with Gasteiger partial charge in [-0.2, -0.15) is 83.5 Å². The SMILES string of the molecule is Cc1c(C)c(C)[c-](C)c1C.Cc1c(C)c(C)[c-](C)c1C.Cc1c(C)c(C)[c-](C)c1C.[Y+3]. The van der Waals surface area contributed by atoms with Gasteiger partial charge in [0.15, 0.2) is 0 Å². The van der Waals surface area contributed by atoms with E-state index in [2.05, 4.69) is 104 Å². The van der Waals surface area contributed by atoms with Crippen LogP contribution in [0, 0.1) is 104 Å². The summed E-state index contributed by atoms with van der Waals surface area (Å²) in [7, 11) is 0. The topological polar surface area (TPSA) is 0 Å². The molecule has 0 N–H and O–H groups in total. The molecule has 1 heteroatoms. The maximum absolute atomic E-state index is 2.20. The molecule has 0 aliphatic heterocycles. The summed E-state index contributed by atoms with van der Waals surface area (Å²) in [6.07, 6.45) is 0. The molecule has 0 atom stereocenters. The molecule has 3 rings (SSSR count). The van der Waals surface area contributed by atoms with Gasteiger partial charge in [0.2, 0.25) is 0 Å². The fourth-order valence-electron chi connectivity index (χ4n) is 4.22. The van der Waals surface area contributed by atoms with E-state index in [0.717, 1.165) is 0 Å². The summed E-state index contributed by atoms with van der Waals surface area (Å²) in [4.78, 5) is 0. The molecule has 0 aromatic heterocycles. The van der Waals surface area contributed by atoms with Gasteiger partial charge in [-0.25, -0.2) is 0 Å². The zero-order valence-electron chi connectivity index (χ0n) is 23.1. The molecule has 0 heterocycles. The van der Waals surface area contributed by atoms with Gasteiger partial charge in [-0.15, -0.1) is 0 Å². The summed E-state index contributed by atoms with van der Waals surface area (Å²) >= 11 is 0. The van der Waals surface area contributed by atoms with Crippen LogP contribution in [-0.2, 0) is 32.7 Å². The molecule has 0 spiro atoms. The molecule has 0 unspecified atom stereocenters. The summed E-state index contributed by atoms with van der Waals surface area (Å²) in [6, 6.07) is 0. The Hall–Kier alpha value is -0.846. The van der Waals surface area contributed by atoms with Crippen molar-refractivity contribution >= 4 is 0 Å². The maximum atomic E-state index is 2.20. The average Bonchev–Trinajstić information content (AvgIpc) is 3.09. The van der Waals surface area contributed by atoms with Gasteiger partial charge >= 0.3 is 32.7 Å². The van der Waals surface area contributed by atoms with Crippen molar-refractivity contribution in [2.45, 2.75) is 104 Å². The summed E-state index contributed by atoms with van der Waals surface area (Å²) in [5.74, 6) is 0. The molecule has 3 aromatic carbocycles. The van der Waals surface area contributed by atoms with E-state index in [-0.39, 0.29) is 32.7 Å². The summed E-state index contributed by atoms with van der Waals surface area (Å²) < 4.78 is 0.